The van der Waals surface area contributed by atoms with Crippen molar-refractivity contribution in [2.24, 2.45) is 0 Å². The van der Waals surface area contributed by atoms with E-state index in [-0.39, 0.29) is 0 Å². The molecular formula is C8H11BP. The Morgan fingerprint density at radius 1 is 1.10 bits per heavy atom. The van der Waals surface area contributed by atoms with Crippen molar-refractivity contribution >= 4 is 19.2 Å². The molecule has 0 fully saturated rings. The third-order valence-corrected chi connectivity index (χ3v) is 3.05. The maximum absolute atomic E-state index is 5.97. The molecule has 0 aliphatic heterocycles. The monoisotopic (exact) mass is 149 g/mol. The number of hydrogen-bond acceptors (Lipinski definition) is 0. The van der Waals surface area contributed by atoms with Crippen molar-refractivity contribution in [1.29, 1.82) is 0 Å². The molecule has 0 atom stereocenters. The molecule has 2 heteroatoms. The van der Waals surface area contributed by atoms with E-state index in [9.17, 15) is 0 Å². The van der Waals surface area contributed by atoms with E-state index in [1.54, 1.807) is 0 Å². The Kier molecular flexibility index (Phi) is 2.16. The summed E-state index contributed by atoms with van der Waals surface area (Å²) in [6.45, 7) is 2.96. The van der Waals surface area contributed by atoms with Crippen LogP contribution < -0.4 is 5.30 Å². The summed E-state index contributed by atoms with van der Waals surface area (Å²) in [6.07, 6.45) is 0. The van der Waals surface area contributed by atoms with Crippen molar-refractivity contribution < 1.29 is 0 Å². The predicted molar refractivity (Wildman–Crippen MR) is 50.6 cm³/mol. The first-order chi connectivity index (χ1) is 4.61. The van der Waals surface area contributed by atoms with Crippen LogP contribution in [-0.4, -0.2) is 20.5 Å². The molecule has 0 unspecified atom stereocenters. The van der Waals surface area contributed by atoms with E-state index in [0.29, 0.717) is 0 Å². The van der Waals surface area contributed by atoms with Crippen LogP contribution in [0.25, 0.3) is 0 Å². The van der Waals surface area contributed by atoms with E-state index in [4.69, 9.17) is 7.18 Å². The fourth-order valence-corrected chi connectivity index (χ4v) is 1.75. The van der Waals surface area contributed by atoms with Crippen LogP contribution in [0.1, 0.15) is 0 Å². The van der Waals surface area contributed by atoms with Crippen molar-refractivity contribution in [3.05, 3.63) is 30.3 Å². The van der Waals surface area contributed by atoms with E-state index in [2.05, 4.69) is 25.5 Å². The molecule has 0 saturated heterocycles. The molecule has 0 aliphatic rings. The van der Waals surface area contributed by atoms with Gasteiger partial charge in [-0.25, -0.2) is 0 Å². The van der Waals surface area contributed by atoms with Crippen molar-refractivity contribution in [2.75, 3.05) is 13.3 Å². The van der Waals surface area contributed by atoms with Gasteiger partial charge in [0.15, 0.2) is 0 Å². The van der Waals surface area contributed by atoms with E-state index in [0.717, 1.165) is 0 Å². The molecule has 1 rings (SSSR count). The van der Waals surface area contributed by atoms with Crippen LogP contribution in [0.2, 0.25) is 0 Å². The summed E-state index contributed by atoms with van der Waals surface area (Å²) in [5.41, 5.74) is 0. The van der Waals surface area contributed by atoms with Gasteiger partial charge in [-0.1, -0.05) is 0 Å². The zero-order chi connectivity index (χ0) is 7.61. The second-order valence-electron chi connectivity index (χ2n) is 2.88. The van der Waals surface area contributed by atoms with Gasteiger partial charge in [-0.05, 0) is 0 Å². The topological polar surface area (TPSA) is 0 Å². The molecule has 51 valence electrons. The molecule has 0 amide bonds. The fourth-order valence-electron chi connectivity index (χ4n) is 0.812. The number of rotatable bonds is 1. The van der Waals surface area contributed by atoms with Crippen molar-refractivity contribution in [1.82, 2.24) is 0 Å². The molecule has 1 aromatic rings. The molecule has 0 N–H and O–H groups in total. The summed E-state index contributed by atoms with van der Waals surface area (Å²) in [6, 6.07) is 10.3. The summed E-state index contributed by atoms with van der Waals surface area (Å²) in [5, 5.41) is 1.29. The average Bonchev–Trinajstić information content (AvgIpc) is 1.88. The van der Waals surface area contributed by atoms with E-state index < -0.39 is 6.75 Å². The first-order valence-electron chi connectivity index (χ1n) is 3.29. The molecule has 1 radical (unpaired) electrons. The van der Waals surface area contributed by atoms with Crippen molar-refractivity contribution in [2.45, 2.75) is 0 Å². The van der Waals surface area contributed by atoms with Crippen LogP contribution in [0.5, 0.6) is 0 Å². The zero-order valence-electron chi connectivity index (χ0n) is 6.41. The molecule has 10 heavy (non-hydrogen) atoms. The quantitative estimate of drug-likeness (QED) is 0.420. The van der Waals surface area contributed by atoms with Crippen molar-refractivity contribution in [3.63, 3.8) is 0 Å². The number of benzene rings is 1. The summed E-state index contributed by atoms with van der Waals surface area (Å²) in [4.78, 5) is 0. The van der Waals surface area contributed by atoms with Crippen LogP contribution in [0, 0.1) is 0 Å². The molecule has 0 aromatic heterocycles. The Labute approximate surface area is 63.6 Å². The molecule has 1 aromatic carbocycles. The first kappa shape index (κ1) is 7.82. The van der Waals surface area contributed by atoms with Gasteiger partial charge in [0.2, 0.25) is 0 Å². The fraction of sp³-hybridized carbons (Fsp3) is 0.250. The van der Waals surface area contributed by atoms with Crippen LogP contribution in [0.15, 0.2) is 30.3 Å². The van der Waals surface area contributed by atoms with Gasteiger partial charge in [0.05, 0.1) is 0 Å². The third-order valence-electron chi connectivity index (χ3n) is 1.42. The van der Waals surface area contributed by atoms with Crippen LogP contribution in [0.4, 0.5) is 0 Å². The predicted octanol–water partition coefficient (Wildman–Crippen LogP) is 1.67. The molecule has 0 aliphatic carbocycles. The van der Waals surface area contributed by atoms with Crippen LogP contribution in [0.3, 0.4) is 0 Å². The van der Waals surface area contributed by atoms with Gasteiger partial charge in [-0.2, -0.15) is 0 Å². The van der Waals surface area contributed by atoms with E-state index >= 15 is 0 Å². The van der Waals surface area contributed by atoms with Gasteiger partial charge in [-0.3, -0.25) is 0 Å². The van der Waals surface area contributed by atoms with E-state index in [1.165, 1.54) is 5.30 Å². The molecule has 0 heterocycles. The molecular weight excluding hydrogens is 138 g/mol. The Balaban J connectivity index is 3.09. The summed E-state index contributed by atoms with van der Waals surface area (Å²) >= 11 is 0. The average molecular weight is 149 g/mol. The molecule has 0 bridgehead atoms. The standard InChI is InChI=1S/C8H11BP/c1-10(2,9)8-6-4-3-5-7-8/h3-7H,1-2H3. The minimum absolute atomic E-state index is 1.27. The Morgan fingerprint density at radius 3 is 1.90 bits per heavy atom. The summed E-state index contributed by atoms with van der Waals surface area (Å²) in [7, 11) is 5.97. The Bertz CT molecular complexity index is 247. The molecule has 0 nitrogen and oxygen atoms in total. The van der Waals surface area contributed by atoms with E-state index in [1.807, 2.05) is 18.2 Å². The maximum atomic E-state index is 5.97. The van der Waals surface area contributed by atoms with Crippen LogP contribution >= 0.6 is 6.75 Å². The van der Waals surface area contributed by atoms with Gasteiger partial charge in [0, 0.05) is 0 Å². The van der Waals surface area contributed by atoms with Crippen molar-refractivity contribution in [3.8, 4) is 0 Å². The summed E-state index contributed by atoms with van der Waals surface area (Å²) < 4.78 is 0. The Morgan fingerprint density at radius 2 is 1.60 bits per heavy atom. The van der Waals surface area contributed by atoms with Gasteiger partial charge in [-0.15, -0.1) is 0 Å². The second kappa shape index (κ2) is 2.76. The first-order valence-corrected chi connectivity index (χ1v) is 6.04. The van der Waals surface area contributed by atoms with Gasteiger partial charge >= 0.3 is 62.9 Å². The van der Waals surface area contributed by atoms with Crippen LogP contribution in [-0.2, 0) is 0 Å². The number of hydrogen-bond donors (Lipinski definition) is 0. The third kappa shape index (κ3) is 1.85. The SMILES string of the molecule is [B]=P(C)(C)c1ccccc1. The molecule has 0 spiro atoms. The summed E-state index contributed by atoms with van der Waals surface area (Å²) in [5.74, 6) is 0. The zero-order valence-corrected chi connectivity index (χ0v) is 7.31. The second-order valence-corrected chi connectivity index (χ2v) is 6.47. The Hall–Kier alpha value is -0.285. The normalized spacial score (nSPS) is 11.3. The van der Waals surface area contributed by atoms with Gasteiger partial charge in [0.1, 0.15) is 0 Å². The minimum atomic E-state index is -1.27. The van der Waals surface area contributed by atoms with Gasteiger partial charge < -0.3 is 0 Å². The van der Waals surface area contributed by atoms with Gasteiger partial charge in [0.25, 0.3) is 0 Å². The molecule has 0 saturated carbocycles.